The number of piperazine rings is 1. The van der Waals surface area contributed by atoms with Crippen LogP contribution in [0.3, 0.4) is 0 Å². The summed E-state index contributed by atoms with van der Waals surface area (Å²) < 4.78 is 26.9. The first kappa shape index (κ1) is 15.9. The number of nitro groups is 1. The normalized spacial score (nSPS) is 20.4. The summed E-state index contributed by atoms with van der Waals surface area (Å²) in [5.74, 6) is 0. The Balaban J connectivity index is 2.51. The van der Waals surface area contributed by atoms with Crippen LogP contribution in [-0.2, 0) is 10.0 Å². The van der Waals surface area contributed by atoms with Gasteiger partial charge in [-0.25, -0.2) is 8.42 Å². The smallest absolute Gasteiger partial charge is 0.271 e. The molecule has 0 saturated carbocycles. The second-order valence-corrected chi connectivity index (χ2v) is 7.27. The molecule has 0 radical (unpaired) electrons. The van der Waals surface area contributed by atoms with Crippen LogP contribution in [-0.4, -0.2) is 43.3 Å². The van der Waals surface area contributed by atoms with Gasteiger partial charge in [0.25, 0.3) is 5.69 Å². The van der Waals surface area contributed by atoms with Crippen molar-refractivity contribution in [2.24, 2.45) is 0 Å². The highest BCUT2D eigenvalue weighted by Crippen LogP contribution is 2.28. The molecule has 1 aromatic rings. The Morgan fingerprint density at radius 3 is 2.62 bits per heavy atom. The Morgan fingerprint density at radius 1 is 1.38 bits per heavy atom. The number of nitrogens with zero attached hydrogens (tertiary/aromatic N) is 2. The highest BCUT2D eigenvalue weighted by atomic mass is 32.2. The van der Waals surface area contributed by atoms with Crippen molar-refractivity contribution in [2.75, 3.05) is 19.6 Å². The molecule has 1 saturated heterocycles. The average molecular weight is 313 g/mol. The van der Waals surface area contributed by atoms with E-state index in [9.17, 15) is 18.5 Å². The van der Waals surface area contributed by atoms with E-state index < -0.39 is 14.9 Å². The first-order valence-electron chi connectivity index (χ1n) is 6.72. The van der Waals surface area contributed by atoms with Crippen LogP contribution in [0.2, 0.25) is 0 Å². The summed E-state index contributed by atoms with van der Waals surface area (Å²) in [6.07, 6.45) is 0. The Morgan fingerprint density at radius 2 is 2.05 bits per heavy atom. The molecule has 1 fully saturated rings. The zero-order valence-electron chi connectivity index (χ0n) is 12.3. The average Bonchev–Trinajstić information content (AvgIpc) is 2.41. The van der Waals surface area contributed by atoms with Gasteiger partial charge < -0.3 is 5.32 Å². The fourth-order valence-corrected chi connectivity index (χ4v) is 4.28. The lowest BCUT2D eigenvalue weighted by Gasteiger charge is -2.31. The van der Waals surface area contributed by atoms with Crippen LogP contribution in [0.5, 0.6) is 0 Å². The summed E-state index contributed by atoms with van der Waals surface area (Å²) >= 11 is 0. The highest BCUT2D eigenvalue weighted by molar-refractivity contribution is 7.89. The molecule has 0 unspecified atom stereocenters. The first-order chi connectivity index (χ1) is 9.73. The molecule has 8 heteroatoms. The third kappa shape index (κ3) is 3.07. The molecule has 1 aliphatic rings. The van der Waals surface area contributed by atoms with E-state index in [1.54, 1.807) is 13.8 Å². The molecule has 1 atom stereocenters. The molecule has 0 bridgehead atoms. The fourth-order valence-electron chi connectivity index (χ4n) is 2.44. The van der Waals surface area contributed by atoms with Crippen LogP contribution >= 0.6 is 0 Å². The van der Waals surface area contributed by atoms with E-state index in [-0.39, 0.29) is 16.6 Å². The van der Waals surface area contributed by atoms with Crippen molar-refractivity contribution in [3.8, 4) is 0 Å². The number of nitro benzene ring substituents is 1. The molecule has 1 heterocycles. The number of aryl methyl sites for hydroxylation is 1. The van der Waals surface area contributed by atoms with Crippen molar-refractivity contribution >= 4 is 15.7 Å². The molecule has 7 nitrogen and oxygen atoms in total. The molecule has 0 amide bonds. The van der Waals surface area contributed by atoms with Gasteiger partial charge in [-0.15, -0.1) is 0 Å². The maximum atomic E-state index is 12.8. The van der Waals surface area contributed by atoms with Crippen LogP contribution in [0.15, 0.2) is 17.0 Å². The van der Waals surface area contributed by atoms with E-state index in [4.69, 9.17) is 0 Å². The number of sulfonamides is 1. The Hall–Kier alpha value is -1.51. The minimum atomic E-state index is -3.72. The van der Waals surface area contributed by atoms with Crippen molar-refractivity contribution in [3.05, 3.63) is 33.4 Å². The van der Waals surface area contributed by atoms with Crippen molar-refractivity contribution in [3.63, 3.8) is 0 Å². The molecule has 1 aliphatic heterocycles. The number of rotatable bonds is 3. The summed E-state index contributed by atoms with van der Waals surface area (Å²) in [5, 5.41) is 14.1. The molecule has 21 heavy (non-hydrogen) atoms. The van der Waals surface area contributed by atoms with Gasteiger partial charge in [-0.2, -0.15) is 4.31 Å². The second-order valence-electron chi connectivity index (χ2n) is 5.36. The van der Waals surface area contributed by atoms with Crippen LogP contribution < -0.4 is 5.32 Å². The van der Waals surface area contributed by atoms with Gasteiger partial charge in [-0.1, -0.05) is 0 Å². The number of nitrogens with one attached hydrogen (secondary N) is 1. The first-order valence-corrected chi connectivity index (χ1v) is 8.16. The van der Waals surface area contributed by atoms with Crippen molar-refractivity contribution in [1.29, 1.82) is 0 Å². The van der Waals surface area contributed by atoms with Crippen molar-refractivity contribution < 1.29 is 13.3 Å². The highest BCUT2D eigenvalue weighted by Gasteiger charge is 2.31. The molecule has 116 valence electrons. The number of hydrogen-bond donors (Lipinski definition) is 1. The van der Waals surface area contributed by atoms with Gasteiger partial charge in [0.1, 0.15) is 0 Å². The van der Waals surface area contributed by atoms with Gasteiger partial charge in [0.15, 0.2) is 0 Å². The summed E-state index contributed by atoms with van der Waals surface area (Å²) in [6.45, 7) is 6.58. The van der Waals surface area contributed by atoms with E-state index in [1.807, 2.05) is 6.92 Å². The third-order valence-electron chi connectivity index (χ3n) is 3.76. The molecule has 0 aliphatic carbocycles. The second kappa shape index (κ2) is 5.70. The molecule has 1 N–H and O–H groups in total. The lowest BCUT2D eigenvalue weighted by molar-refractivity contribution is -0.385. The minimum absolute atomic E-state index is 0.0308. The van der Waals surface area contributed by atoms with Gasteiger partial charge in [0, 0.05) is 37.8 Å². The van der Waals surface area contributed by atoms with E-state index in [1.165, 1.54) is 10.4 Å². The predicted octanol–water partition coefficient (Wildman–Crippen LogP) is 1.19. The van der Waals surface area contributed by atoms with E-state index >= 15 is 0 Å². The Labute approximate surface area is 124 Å². The largest absolute Gasteiger partial charge is 0.312 e. The summed E-state index contributed by atoms with van der Waals surface area (Å²) in [7, 11) is -3.72. The summed E-state index contributed by atoms with van der Waals surface area (Å²) in [6, 6.07) is 2.62. The maximum absolute atomic E-state index is 12.8. The topological polar surface area (TPSA) is 92.5 Å². The van der Waals surface area contributed by atoms with Gasteiger partial charge in [-0.3, -0.25) is 10.1 Å². The van der Waals surface area contributed by atoms with E-state index in [0.717, 1.165) is 6.07 Å². The molecule has 1 aromatic carbocycles. The number of hydrogen-bond acceptors (Lipinski definition) is 5. The van der Waals surface area contributed by atoms with E-state index in [0.29, 0.717) is 30.8 Å². The predicted molar refractivity (Wildman–Crippen MR) is 78.8 cm³/mol. The Bertz CT molecular complexity index is 672. The van der Waals surface area contributed by atoms with Crippen LogP contribution in [0.4, 0.5) is 5.69 Å². The molecule has 0 spiro atoms. The van der Waals surface area contributed by atoms with Gasteiger partial charge >= 0.3 is 0 Å². The number of non-ortho nitro benzene ring substituents is 1. The monoisotopic (exact) mass is 313 g/mol. The third-order valence-corrected chi connectivity index (χ3v) is 5.76. The van der Waals surface area contributed by atoms with Gasteiger partial charge in [0.05, 0.1) is 9.82 Å². The zero-order chi connectivity index (χ0) is 15.8. The van der Waals surface area contributed by atoms with Crippen LogP contribution in [0.25, 0.3) is 0 Å². The summed E-state index contributed by atoms with van der Waals surface area (Å²) in [5.41, 5.74) is 0.970. The Kier molecular flexibility index (Phi) is 4.31. The van der Waals surface area contributed by atoms with Gasteiger partial charge in [0.2, 0.25) is 10.0 Å². The molecular formula is C13H19N3O4S. The molecular weight excluding hydrogens is 294 g/mol. The summed E-state index contributed by atoms with van der Waals surface area (Å²) in [4.78, 5) is 10.4. The van der Waals surface area contributed by atoms with Crippen LogP contribution in [0, 0.1) is 24.0 Å². The lowest BCUT2D eigenvalue weighted by atomic mass is 10.1. The molecule has 0 aromatic heterocycles. The van der Waals surface area contributed by atoms with Crippen LogP contribution in [0.1, 0.15) is 18.1 Å². The zero-order valence-corrected chi connectivity index (χ0v) is 13.1. The standard InChI is InChI=1S/C13H19N3O4S/c1-9-6-12(16(17)18)7-13(11(9)3)21(19,20)15-5-4-14-10(2)8-15/h6-7,10,14H,4-5,8H2,1-3H3/t10-/m1/s1. The van der Waals surface area contributed by atoms with Gasteiger partial charge in [-0.05, 0) is 31.9 Å². The fraction of sp³-hybridized carbons (Fsp3) is 0.538. The number of benzene rings is 1. The quantitative estimate of drug-likeness (QED) is 0.668. The minimum Gasteiger partial charge on any atom is -0.312 e. The lowest BCUT2D eigenvalue weighted by Crippen LogP contribution is -2.51. The SMILES string of the molecule is Cc1cc([N+](=O)[O-])cc(S(=O)(=O)N2CCN[C@H](C)C2)c1C. The van der Waals surface area contributed by atoms with Crippen molar-refractivity contribution in [1.82, 2.24) is 9.62 Å². The van der Waals surface area contributed by atoms with Crippen molar-refractivity contribution in [2.45, 2.75) is 31.7 Å². The van der Waals surface area contributed by atoms with E-state index in [2.05, 4.69) is 5.32 Å². The maximum Gasteiger partial charge on any atom is 0.271 e. The molecule has 2 rings (SSSR count).